The monoisotopic (exact) mass is 262 g/mol. The number of halogens is 3. The highest BCUT2D eigenvalue weighted by Crippen LogP contribution is 2.30. The van der Waals surface area contributed by atoms with Crippen LogP contribution in [0.2, 0.25) is 0 Å². The molecule has 0 amide bonds. The fraction of sp³-hybridized carbons (Fsp3) is 0.111. The van der Waals surface area contributed by atoms with E-state index in [9.17, 15) is 4.79 Å². The third-order valence-electron chi connectivity index (χ3n) is 1.56. The zero-order valence-electron chi connectivity index (χ0n) is 7.30. The number of carbonyl (C=O) groups excluding carboxylic acids is 1. The first-order valence-electron chi connectivity index (χ1n) is 3.81. The van der Waals surface area contributed by atoms with Crippen molar-refractivity contribution in [1.29, 1.82) is 5.26 Å². The first-order valence-corrected chi connectivity index (χ1v) is 4.94. The van der Waals surface area contributed by atoms with Crippen LogP contribution in [0.3, 0.4) is 0 Å². The maximum absolute atomic E-state index is 11.4. The Morgan fingerprint density at radius 2 is 2.20 bits per heavy atom. The molecule has 15 heavy (non-hydrogen) atoms. The SMILES string of the molecule is N#CC=Cc1c[nH]c(C(=O)C(Cl)(Cl)Cl)c1. The van der Waals surface area contributed by atoms with Crippen LogP contribution >= 0.6 is 34.8 Å². The van der Waals surface area contributed by atoms with Crippen LogP contribution in [0, 0.1) is 11.3 Å². The van der Waals surface area contributed by atoms with Gasteiger partial charge in [0.25, 0.3) is 3.79 Å². The van der Waals surface area contributed by atoms with E-state index in [4.69, 9.17) is 40.1 Å². The van der Waals surface area contributed by atoms with Crippen LogP contribution in [0.1, 0.15) is 16.1 Å². The molecule has 0 spiro atoms. The smallest absolute Gasteiger partial charge is 0.254 e. The summed E-state index contributed by atoms with van der Waals surface area (Å²) in [6.07, 6.45) is 4.36. The highest BCUT2D eigenvalue weighted by atomic mass is 35.6. The lowest BCUT2D eigenvalue weighted by atomic mass is 10.2. The van der Waals surface area contributed by atoms with E-state index in [1.165, 1.54) is 24.4 Å². The lowest BCUT2D eigenvalue weighted by molar-refractivity contribution is 0.0992. The second-order valence-electron chi connectivity index (χ2n) is 2.64. The van der Waals surface area contributed by atoms with Crippen molar-refractivity contribution < 1.29 is 4.79 Å². The second-order valence-corrected chi connectivity index (χ2v) is 4.92. The molecule has 1 heterocycles. The lowest BCUT2D eigenvalue weighted by Gasteiger charge is -2.06. The summed E-state index contributed by atoms with van der Waals surface area (Å²) in [5.41, 5.74) is 0.849. The van der Waals surface area contributed by atoms with Gasteiger partial charge in [-0.15, -0.1) is 0 Å². The molecule has 1 N–H and O–H groups in total. The minimum Gasteiger partial charge on any atom is -0.358 e. The molecule has 0 saturated heterocycles. The number of nitrogens with one attached hydrogen (secondary N) is 1. The molecule has 0 bridgehead atoms. The zero-order valence-corrected chi connectivity index (χ0v) is 9.57. The summed E-state index contributed by atoms with van der Waals surface area (Å²) in [5.74, 6) is -0.635. The predicted molar refractivity (Wildman–Crippen MR) is 60.1 cm³/mol. The van der Waals surface area contributed by atoms with E-state index in [-0.39, 0.29) is 5.69 Å². The van der Waals surface area contributed by atoms with Crippen LogP contribution < -0.4 is 0 Å². The number of rotatable bonds is 2. The van der Waals surface area contributed by atoms with Crippen LogP contribution in [0.4, 0.5) is 0 Å². The Morgan fingerprint density at radius 3 is 2.73 bits per heavy atom. The van der Waals surface area contributed by atoms with Crippen LogP contribution in [0.5, 0.6) is 0 Å². The molecular formula is C9H5Cl3N2O. The van der Waals surface area contributed by atoms with Crippen LogP contribution in [0.15, 0.2) is 18.3 Å². The number of ketones is 1. The van der Waals surface area contributed by atoms with Gasteiger partial charge >= 0.3 is 0 Å². The van der Waals surface area contributed by atoms with Crippen LogP contribution in [0.25, 0.3) is 6.08 Å². The molecule has 0 aliphatic rings. The Kier molecular flexibility index (Phi) is 3.81. The summed E-state index contributed by atoms with van der Waals surface area (Å²) >= 11 is 16.3. The summed E-state index contributed by atoms with van der Waals surface area (Å²) in [6.45, 7) is 0. The topological polar surface area (TPSA) is 56.6 Å². The average Bonchev–Trinajstić information content (AvgIpc) is 2.60. The summed E-state index contributed by atoms with van der Waals surface area (Å²) in [6, 6.07) is 3.33. The summed E-state index contributed by atoms with van der Waals surface area (Å²) in [4.78, 5) is 14.1. The largest absolute Gasteiger partial charge is 0.358 e. The summed E-state index contributed by atoms with van der Waals surface area (Å²) < 4.78 is -1.97. The van der Waals surface area contributed by atoms with Gasteiger partial charge in [0.1, 0.15) is 0 Å². The van der Waals surface area contributed by atoms with Crippen molar-refractivity contribution in [3.63, 3.8) is 0 Å². The molecule has 78 valence electrons. The van der Waals surface area contributed by atoms with E-state index < -0.39 is 9.58 Å². The van der Waals surface area contributed by atoms with Gasteiger partial charge in [-0.2, -0.15) is 5.26 Å². The van der Waals surface area contributed by atoms with E-state index in [0.29, 0.717) is 5.56 Å². The fourth-order valence-electron chi connectivity index (χ4n) is 0.925. The Labute approximate surface area is 101 Å². The van der Waals surface area contributed by atoms with Gasteiger partial charge in [0.15, 0.2) is 0 Å². The molecule has 0 atom stereocenters. The first kappa shape index (κ1) is 12.1. The number of carbonyl (C=O) groups is 1. The quantitative estimate of drug-likeness (QED) is 0.506. The number of aromatic nitrogens is 1. The third kappa shape index (κ3) is 3.28. The molecule has 6 heteroatoms. The van der Waals surface area contributed by atoms with Crippen molar-refractivity contribution in [2.24, 2.45) is 0 Å². The highest BCUT2D eigenvalue weighted by molar-refractivity contribution is 6.77. The maximum atomic E-state index is 11.4. The molecule has 1 aromatic rings. The standard InChI is InChI=1S/C9H5Cl3N2O/c10-9(11,12)8(15)7-4-6(5-14-7)2-1-3-13/h1-2,4-5,14H. The van der Waals surface area contributed by atoms with Gasteiger partial charge in [0.2, 0.25) is 5.78 Å². The minimum absolute atomic E-state index is 0.188. The number of alkyl halides is 3. The molecule has 0 aliphatic carbocycles. The zero-order chi connectivity index (χ0) is 11.5. The summed E-state index contributed by atoms with van der Waals surface area (Å²) in [5, 5.41) is 8.30. The van der Waals surface area contributed by atoms with Crippen molar-refractivity contribution in [3.05, 3.63) is 29.6 Å². The van der Waals surface area contributed by atoms with Gasteiger partial charge in [-0.05, 0) is 17.7 Å². The van der Waals surface area contributed by atoms with Crippen molar-refractivity contribution in [3.8, 4) is 6.07 Å². The number of allylic oxidation sites excluding steroid dienone is 1. The molecule has 0 radical (unpaired) electrons. The highest BCUT2D eigenvalue weighted by Gasteiger charge is 2.32. The molecule has 3 nitrogen and oxygen atoms in total. The van der Waals surface area contributed by atoms with Crippen LogP contribution in [-0.4, -0.2) is 14.6 Å². The van der Waals surface area contributed by atoms with Gasteiger partial charge < -0.3 is 4.98 Å². The number of H-pyrrole nitrogens is 1. The molecule has 1 rings (SSSR count). The Morgan fingerprint density at radius 1 is 1.53 bits per heavy atom. The van der Waals surface area contributed by atoms with Gasteiger partial charge in [-0.3, -0.25) is 4.79 Å². The number of nitriles is 1. The van der Waals surface area contributed by atoms with Crippen molar-refractivity contribution in [2.75, 3.05) is 0 Å². The second kappa shape index (κ2) is 4.71. The number of nitrogens with zero attached hydrogens (tertiary/aromatic N) is 1. The average molecular weight is 264 g/mol. The van der Waals surface area contributed by atoms with E-state index >= 15 is 0 Å². The Hall–Kier alpha value is -0.950. The maximum Gasteiger partial charge on any atom is 0.254 e. The minimum atomic E-state index is -1.97. The Balaban J connectivity index is 2.91. The fourth-order valence-corrected chi connectivity index (χ4v) is 1.23. The number of Topliss-reactive ketones (excluding diaryl/α,β-unsaturated/α-hetero) is 1. The van der Waals surface area contributed by atoms with E-state index in [1.54, 1.807) is 0 Å². The van der Waals surface area contributed by atoms with Crippen molar-refractivity contribution in [1.82, 2.24) is 4.98 Å². The molecule has 1 aromatic heterocycles. The van der Waals surface area contributed by atoms with Gasteiger partial charge in [0.05, 0.1) is 11.8 Å². The van der Waals surface area contributed by atoms with E-state index in [2.05, 4.69) is 4.98 Å². The van der Waals surface area contributed by atoms with E-state index in [0.717, 1.165) is 0 Å². The van der Waals surface area contributed by atoms with Crippen LogP contribution in [-0.2, 0) is 0 Å². The van der Waals surface area contributed by atoms with Gasteiger partial charge in [-0.25, -0.2) is 0 Å². The van der Waals surface area contributed by atoms with Gasteiger partial charge in [0, 0.05) is 12.3 Å². The molecule has 0 unspecified atom stereocenters. The number of hydrogen-bond acceptors (Lipinski definition) is 2. The van der Waals surface area contributed by atoms with Crippen molar-refractivity contribution >= 4 is 46.7 Å². The number of hydrogen-bond donors (Lipinski definition) is 1. The van der Waals surface area contributed by atoms with Crippen molar-refractivity contribution in [2.45, 2.75) is 3.79 Å². The molecule has 0 aromatic carbocycles. The normalized spacial score (nSPS) is 11.6. The van der Waals surface area contributed by atoms with Gasteiger partial charge in [-0.1, -0.05) is 34.8 Å². The molecular weight excluding hydrogens is 258 g/mol. The first-order chi connectivity index (χ1) is 6.95. The molecule has 0 saturated carbocycles. The Bertz CT molecular complexity index is 437. The molecule has 0 fully saturated rings. The summed E-state index contributed by atoms with van der Waals surface area (Å²) in [7, 11) is 0. The third-order valence-corrected chi connectivity index (χ3v) is 2.07. The van der Waals surface area contributed by atoms with E-state index in [1.807, 2.05) is 6.07 Å². The predicted octanol–water partition coefficient (Wildman–Crippen LogP) is 3.10. The number of aromatic amines is 1. The lowest BCUT2D eigenvalue weighted by Crippen LogP contribution is -2.19. The molecule has 0 aliphatic heterocycles.